The van der Waals surface area contributed by atoms with Crippen molar-refractivity contribution in [1.82, 2.24) is 10.2 Å². The molecule has 0 spiro atoms. The number of nitrogens with zero attached hydrogens (tertiary/aromatic N) is 1. The van der Waals surface area contributed by atoms with Crippen LogP contribution in [0.3, 0.4) is 0 Å². The van der Waals surface area contributed by atoms with E-state index in [4.69, 9.17) is 5.73 Å². The third-order valence-electron chi connectivity index (χ3n) is 4.90. The standard InChI is InChI=1S/C19H31N3O/c1-3-15(2)18(20)19(23)21-13-16-7-9-17(10-8-16)14-22-11-5-4-6-12-22/h7-10,15,18H,3-6,11-14,20H2,1-2H3,(H,21,23). The van der Waals surface area contributed by atoms with Gasteiger partial charge in [0.25, 0.3) is 0 Å². The van der Waals surface area contributed by atoms with E-state index in [9.17, 15) is 4.79 Å². The average molecular weight is 317 g/mol. The second-order valence-electron chi connectivity index (χ2n) is 6.78. The van der Waals surface area contributed by atoms with Crippen molar-refractivity contribution in [1.29, 1.82) is 0 Å². The maximum atomic E-state index is 12.0. The molecule has 3 N–H and O–H groups in total. The van der Waals surface area contributed by atoms with E-state index in [-0.39, 0.29) is 11.8 Å². The zero-order valence-corrected chi connectivity index (χ0v) is 14.6. The molecule has 4 nitrogen and oxygen atoms in total. The molecule has 1 aromatic carbocycles. The molecule has 1 amide bonds. The molecule has 1 saturated heterocycles. The number of likely N-dealkylation sites (tertiary alicyclic amines) is 1. The van der Waals surface area contributed by atoms with Crippen LogP contribution in [0.2, 0.25) is 0 Å². The fourth-order valence-electron chi connectivity index (χ4n) is 2.96. The van der Waals surface area contributed by atoms with Gasteiger partial charge in [-0.15, -0.1) is 0 Å². The summed E-state index contributed by atoms with van der Waals surface area (Å²) in [6.07, 6.45) is 4.93. The van der Waals surface area contributed by atoms with Gasteiger partial charge in [0.2, 0.25) is 5.91 Å². The van der Waals surface area contributed by atoms with Crippen LogP contribution in [-0.2, 0) is 17.9 Å². The summed E-state index contributed by atoms with van der Waals surface area (Å²) in [7, 11) is 0. The average Bonchev–Trinajstić information content (AvgIpc) is 2.60. The second-order valence-corrected chi connectivity index (χ2v) is 6.78. The highest BCUT2D eigenvalue weighted by Crippen LogP contribution is 2.13. The molecular weight excluding hydrogens is 286 g/mol. The first kappa shape index (κ1) is 18.0. The smallest absolute Gasteiger partial charge is 0.237 e. The minimum Gasteiger partial charge on any atom is -0.351 e. The summed E-state index contributed by atoms with van der Waals surface area (Å²) < 4.78 is 0. The molecule has 128 valence electrons. The van der Waals surface area contributed by atoms with E-state index in [2.05, 4.69) is 41.4 Å². The zero-order chi connectivity index (χ0) is 16.7. The SMILES string of the molecule is CCC(C)C(N)C(=O)NCc1ccc(CN2CCCCC2)cc1. The Balaban J connectivity index is 1.79. The Morgan fingerprint density at radius 1 is 1.17 bits per heavy atom. The van der Waals surface area contributed by atoms with Crippen LogP contribution < -0.4 is 11.1 Å². The number of amides is 1. The highest BCUT2D eigenvalue weighted by atomic mass is 16.2. The lowest BCUT2D eigenvalue weighted by Crippen LogP contribution is -2.44. The van der Waals surface area contributed by atoms with Crippen molar-refractivity contribution < 1.29 is 4.79 Å². The van der Waals surface area contributed by atoms with Gasteiger partial charge in [0.1, 0.15) is 0 Å². The molecule has 0 aromatic heterocycles. The van der Waals surface area contributed by atoms with Gasteiger partial charge < -0.3 is 11.1 Å². The Morgan fingerprint density at radius 2 is 1.78 bits per heavy atom. The molecule has 0 radical (unpaired) electrons. The molecule has 2 rings (SSSR count). The molecule has 0 saturated carbocycles. The van der Waals surface area contributed by atoms with Gasteiger partial charge in [-0.3, -0.25) is 9.69 Å². The molecule has 2 atom stereocenters. The number of benzene rings is 1. The first-order chi connectivity index (χ1) is 11.1. The molecule has 2 unspecified atom stereocenters. The fourth-order valence-corrected chi connectivity index (χ4v) is 2.96. The summed E-state index contributed by atoms with van der Waals surface area (Å²) in [5.74, 6) is 0.152. The fraction of sp³-hybridized carbons (Fsp3) is 0.632. The van der Waals surface area contributed by atoms with E-state index < -0.39 is 6.04 Å². The lowest BCUT2D eigenvalue weighted by molar-refractivity contribution is -0.123. The van der Waals surface area contributed by atoms with Crippen molar-refractivity contribution in [2.45, 2.75) is 58.7 Å². The van der Waals surface area contributed by atoms with Crippen LogP contribution in [0.1, 0.15) is 50.7 Å². The Kier molecular flexibility index (Phi) is 7.06. The summed E-state index contributed by atoms with van der Waals surface area (Å²) in [4.78, 5) is 14.5. The molecule has 0 aliphatic carbocycles. The third-order valence-corrected chi connectivity index (χ3v) is 4.90. The topological polar surface area (TPSA) is 58.4 Å². The Bertz CT molecular complexity index is 480. The molecular formula is C19H31N3O. The number of carbonyl (C=O) groups excluding carboxylic acids is 1. The quantitative estimate of drug-likeness (QED) is 0.813. The predicted octanol–water partition coefficient (Wildman–Crippen LogP) is 2.66. The Hall–Kier alpha value is -1.39. The number of rotatable bonds is 7. The van der Waals surface area contributed by atoms with Crippen molar-refractivity contribution in [2.75, 3.05) is 13.1 Å². The van der Waals surface area contributed by atoms with Crippen LogP contribution >= 0.6 is 0 Å². The van der Waals surface area contributed by atoms with Gasteiger partial charge in [-0.25, -0.2) is 0 Å². The van der Waals surface area contributed by atoms with Crippen molar-refractivity contribution >= 4 is 5.91 Å². The monoisotopic (exact) mass is 317 g/mol. The van der Waals surface area contributed by atoms with E-state index in [1.807, 2.05) is 6.92 Å². The van der Waals surface area contributed by atoms with Crippen LogP contribution in [0, 0.1) is 5.92 Å². The largest absolute Gasteiger partial charge is 0.351 e. The second kappa shape index (κ2) is 9.04. The molecule has 4 heteroatoms. The number of piperidine rings is 1. The number of nitrogens with one attached hydrogen (secondary N) is 1. The van der Waals surface area contributed by atoms with Gasteiger partial charge in [0.05, 0.1) is 6.04 Å². The van der Waals surface area contributed by atoms with Gasteiger partial charge in [-0.2, -0.15) is 0 Å². The first-order valence-electron chi connectivity index (χ1n) is 8.93. The van der Waals surface area contributed by atoms with E-state index in [0.717, 1.165) is 18.5 Å². The molecule has 1 aliphatic rings. The Labute approximate surface area is 140 Å². The number of nitrogens with two attached hydrogens (primary N) is 1. The van der Waals surface area contributed by atoms with Crippen molar-refractivity contribution in [2.24, 2.45) is 11.7 Å². The highest BCUT2D eigenvalue weighted by Gasteiger charge is 2.18. The normalized spacial score (nSPS) is 18.4. The number of carbonyl (C=O) groups is 1. The maximum Gasteiger partial charge on any atom is 0.237 e. The van der Waals surface area contributed by atoms with Gasteiger partial charge in [-0.1, -0.05) is 51.0 Å². The van der Waals surface area contributed by atoms with Crippen LogP contribution in [0.25, 0.3) is 0 Å². The molecule has 1 fully saturated rings. The minimum atomic E-state index is -0.418. The third kappa shape index (κ3) is 5.63. The van der Waals surface area contributed by atoms with Crippen molar-refractivity contribution in [3.05, 3.63) is 35.4 Å². The van der Waals surface area contributed by atoms with Crippen LogP contribution in [0.15, 0.2) is 24.3 Å². The van der Waals surface area contributed by atoms with Crippen molar-refractivity contribution in [3.63, 3.8) is 0 Å². The van der Waals surface area contributed by atoms with E-state index in [0.29, 0.717) is 6.54 Å². The summed E-state index contributed by atoms with van der Waals surface area (Å²) in [6, 6.07) is 8.14. The predicted molar refractivity (Wildman–Crippen MR) is 94.8 cm³/mol. The number of hydrogen-bond donors (Lipinski definition) is 2. The van der Waals surface area contributed by atoms with E-state index in [1.165, 1.54) is 37.9 Å². The minimum absolute atomic E-state index is 0.0586. The Morgan fingerprint density at radius 3 is 2.39 bits per heavy atom. The van der Waals surface area contributed by atoms with Gasteiger partial charge in [-0.05, 0) is 43.0 Å². The lowest BCUT2D eigenvalue weighted by atomic mass is 9.99. The maximum absolute atomic E-state index is 12.0. The first-order valence-corrected chi connectivity index (χ1v) is 8.93. The summed E-state index contributed by atoms with van der Waals surface area (Å²) in [5, 5.41) is 2.94. The van der Waals surface area contributed by atoms with Crippen molar-refractivity contribution in [3.8, 4) is 0 Å². The molecule has 1 heterocycles. The summed E-state index contributed by atoms with van der Waals surface area (Å²) >= 11 is 0. The van der Waals surface area contributed by atoms with Crippen LogP contribution in [0.5, 0.6) is 0 Å². The van der Waals surface area contributed by atoms with Gasteiger partial charge in [0, 0.05) is 13.1 Å². The molecule has 0 bridgehead atoms. The lowest BCUT2D eigenvalue weighted by Gasteiger charge is -2.26. The molecule has 1 aromatic rings. The van der Waals surface area contributed by atoms with Gasteiger partial charge in [0.15, 0.2) is 0 Å². The highest BCUT2D eigenvalue weighted by molar-refractivity contribution is 5.81. The van der Waals surface area contributed by atoms with E-state index in [1.54, 1.807) is 0 Å². The van der Waals surface area contributed by atoms with E-state index >= 15 is 0 Å². The number of hydrogen-bond acceptors (Lipinski definition) is 3. The van der Waals surface area contributed by atoms with Crippen LogP contribution in [-0.4, -0.2) is 29.9 Å². The molecule has 1 aliphatic heterocycles. The zero-order valence-electron chi connectivity index (χ0n) is 14.6. The summed E-state index contributed by atoms with van der Waals surface area (Å²) in [6.45, 7) is 8.08. The van der Waals surface area contributed by atoms with Gasteiger partial charge >= 0.3 is 0 Å². The summed E-state index contributed by atoms with van der Waals surface area (Å²) in [5.41, 5.74) is 8.41. The van der Waals surface area contributed by atoms with Crippen LogP contribution in [0.4, 0.5) is 0 Å². The molecule has 23 heavy (non-hydrogen) atoms.